The second-order valence-electron chi connectivity index (χ2n) is 6.58. The molecule has 8 heteroatoms. The summed E-state index contributed by atoms with van der Waals surface area (Å²) in [6, 6.07) is 12.3. The zero-order valence-corrected chi connectivity index (χ0v) is 18.6. The molecule has 0 unspecified atom stereocenters. The number of ether oxygens (including phenoxy) is 2. The minimum absolute atomic E-state index is 0.278. The number of carbonyl (C=O) groups excluding carboxylic acids is 1. The molecule has 158 valence electrons. The average Bonchev–Trinajstić information content (AvgIpc) is 2.70. The van der Waals surface area contributed by atoms with Crippen molar-refractivity contribution < 1.29 is 14.3 Å². The summed E-state index contributed by atoms with van der Waals surface area (Å²) >= 11 is 11.5. The van der Waals surface area contributed by atoms with Crippen molar-refractivity contribution in [3.63, 3.8) is 0 Å². The fourth-order valence-corrected chi connectivity index (χ4v) is 3.70. The predicted molar refractivity (Wildman–Crippen MR) is 123 cm³/mol. The molecule has 0 aromatic heterocycles. The third-order valence-electron chi connectivity index (χ3n) is 4.54. The van der Waals surface area contributed by atoms with Gasteiger partial charge in [-0.05, 0) is 62.8 Å². The molecule has 0 saturated heterocycles. The lowest BCUT2D eigenvalue weighted by Gasteiger charge is -2.30. The van der Waals surface area contributed by atoms with Gasteiger partial charge in [0.05, 0.1) is 35.5 Å². The zero-order chi connectivity index (χ0) is 21.7. The van der Waals surface area contributed by atoms with Gasteiger partial charge in [-0.15, -0.1) is 0 Å². The van der Waals surface area contributed by atoms with Crippen molar-refractivity contribution in [3.05, 3.63) is 64.3 Å². The lowest BCUT2D eigenvalue weighted by molar-refractivity contribution is -0.113. The molecule has 1 aliphatic rings. The summed E-state index contributed by atoms with van der Waals surface area (Å²) in [5, 5.41) is 10.0. The number of anilines is 1. The number of amides is 1. The van der Waals surface area contributed by atoms with Crippen LogP contribution in [0.4, 0.5) is 5.69 Å². The topological polar surface area (TPSA) is 71.6 Å². The summed E-state index contributed by atoms with van der Waals surface area (Å²) < 4.78 is 11.4. The van der Waals surface area contributed by atoms with Crippen molar-refractivity contribution in [1.29, 1.82) is 0 Å². The third-order valence-corrected chi connectivity index (χ3v) is 5.09. The lowest BCUT2D eigenvalue weighted by Crippen LogP contribution is -2.45. The second-order valence-corrected chi connectivity index (χ2v) is 7.39. The van der Waals surface area contributed by atoms with E-state index in [0.717, 1.165) is 5.56 Å². The molecule has 0 saturated carbocycles. The maximum Gasteiger partial charge on any atom is 0.255 e. The molecule has 0 bridgehead atoms. The van der Waals surface area contributed by atoms with Crippen molar-refractivity contribution in [1.82, 2.24) is 10.6 Å². The summed E-state index contributed by atoms with van der Waals surface area (Å²) in [7, 11) is 0. The van der Waals surface area contributed by atoms with Crippen LogP contribution in [-0.2, 0) is 4.79 Å². The first-order valence-electron chi connectivity index (χ1n) is 9.68. The van der Waals surface area contributed by atoms with Gasteiger partial charge in [0, 0.05) is 5.70 Å². The molecule has 2 aromatic rings. The van der Waals surface area contributed by atoms with Gasteiger partial charge in [-0.1, -0.05) is 29.8 Å². The first kappa shape index (κ1) is 21.9. The molecule has 1 aliphatic heterocycles. The molecular formula is C22H24ClN3O3S. The van der Waals surface area contributed by atoms with Crippen LogP contribution in [0.1, 0.15) is 32.4 Å². The number of allylic oxidation sites excluding steroid dienone is 1. The van der Waals surface area contributed by atoms with Crippen molar-refractivity contribution in [2.45, 2.75) is 26.8 Å². The van der Waals surface area contributed by atoms with E-state index in [4.69, 9.17) is 33.3 Å². The van der Waals surface area contributed by atoms with Crippen LogP contribution in [0.2, 0.25) is 5.02 Å². The van der Waals surface area contributed by atoms with Gasteiger partial charge >= 0.3 is 0 Å². The summed E-state index contributed by atoms with van der Waals surface area (Å²) in [5.41, 5.74) is 2.54. The molecule has 1 amide bonds. The number of halogens is 1. The van der Waals surface area contributed by atoms with E-state index in [9.17, 15) is 4.79 Å². The third kappa shape index (κ3) is 4.86. The predicted octanol–water partition coefficient (Wildman–Crippen LogP) is 4.57. The van der Waals surface area contributed by atoms with Gasteiger partial charge in [-0.3, -0.25) is 4.79 Å². The monoisotopic (exact) mass is 445 g/mol. The van der Waals surface area contributed by atoms with E-state index in [1.54, 1.807) is 12.1 Å². The van der Waals surface area contributed by atoms with Crippen LogP contribution < -0.4 is 25.4 Å². The molecule has 1 atom stereocenters. The van der Waals surface area contributed by atoms with Crippen LogP contribution in [0.25, 0.3) is 0 Å². The highest BCUT2D eigenvalue weighted by atomic mass is 35.5. The Balaban J connectivity index is 1.98. The molecule has 0 fully saturated rings. The molecule has 6 nitrogen and oxygen atoms in total. The molecule has 2 aromatic carbocycles. The van der Waals surface area contributed by atoms with Crippen LogP contribution in [0.3, 0.4) is 0 Å². The van der Waals surface area contributed by atoms with Crippen molar-refractivity contribution in [2.24, 2.45) is 0 Å². The highest BCUT2D eigenvalue weighted by Crippen LogP contribution is 2.35. The van der Waals surface area contributed by atoms with Gasteiger partial charge in [-0.2, -0.15) is 0 Å². The van der Waals surface area contributed by atoms with E-state index < -0.39 is 6.04 Å². The zero-order valence-electron chi connectivity index (χ0n) is 17.0. The second kappa shape index (κ2) is 9.82. The fraction of sp³-hybridized carbons (Fsp3) is 0.273. The molecule has 3 rings (SSSR count). The number of thiocarbonyl (C=S) groups is 1. The van der Waals surface area contributed by atoms with Crippen LogP contribution in [0, 0.1) is 0 Å². The number of hydrogen-bond donors (Lipinski definition) is 3. The minimum atomic E-state index is -0.462. The number of nitrogens with one attached hydrogen (secondary N) is 3. The first-order chi connectivity index (χ1) is 14.4. The standard InChI is InChI=1S/C22H24ClN3O3S/c1-4-28-17-11-10-14(12-18(17)29-5-2)20-19(13(3)24-22(30)26-20)21(27)25-16-9-7-6-8-15(16)23/h6-12,20H,4-5H2,1-3H3,(H,25,27)(H2,24,26,30)/t20-/m1/s1. The summed E-state index contributed by atoms with van der Waals surface area (Å²) in [6.45, 7) is 6.67. The van der Waals surface area contributed by atoms with E-state index in [1.165, 1.54) is 0 Å². The van der Waals surface area contributed by atoms with Crippen LogP contribution in [0.5, 0.6) is 11.5 Å². The lowest BCUT2D eigenvalue weighted by atomic mass is 9.94. The number of carbonyl (C=O) groups is 1. The molecule has 0 aliphatic carbocycles. The fourth-order valence-electron chi connectivity index (χ4n) is 3.24. The molecule has 1 heterocycles. The van der Waals surface area contributed by atoms with Gasteiger partial charge in [0.1, 0.15) is 0 Å². The van der Waals surface area contributed by atoms with Gasteiger partial charge in [0.15, 0.2) is 16.6 Å². The Bertz CT molecular complexity index is 993. The van der Waals surface area contributed by atoms with Crippen LogP contribution >= 0.6 is 23.8 Å². The van der Waals surface area contributed by atoms with E-state index in [2.05, 4.69) is 16.0 Å². The molecule has 3 N–H and O–H groups in total. The largest absolute Gasteiger partial charge is 0.490 e. The maximum atomic E-state index is 13.2. The van der Waals surface area contributed by atoms with Gasteiger partial charge in [-0.25, -0.2) is 0 Å². The highest BCUT2D eigenvalue weighted by Gasteiger charge is 2.30. The molecular weight excluding hydrogens is 422 g/mol. The Morgan fingerprint density at radius 1 is 1.13 bits per heavy atom. The smallest absolute Gasteiger partial charge is 0.255 e. The minimum Gasteiger partial charge on any atom is -0.490 e. The van der Waals surface area contributed by atoms with E-state index in [-0.39, 0.29) is 5.91 Å². The quantitative estimate of drug-likeness (QED) is 0.542. The van der Waals surface area contributed by atoms with Gasteiger partial charge < -0.3 is 25.4 Å². The number of hydrogen-bond acceptors (Lipinski definition) is 4. The first-order valence-corrected chi connectivity index (χ1v) is 10.5. The molecule has 30 heavy (non-hydrogen) atoms. The number of benzene rings is 2. The van der Waals surface area contributed by atoms with Crippen molar-refractivity contribution in [3.8, 4) is 11.5 Å². The summed E-state index contributed by atoms with van der Waals surface area (Å²) in [6.07, 6.45) is 0. The maximum absolute atomic E-state index is 13.2. The summed E-state index contributed by atoms with van der Waals surface area (Å²) in [4.78, 5) is 13.2. The Labute approximate surface area is 186 Å². The normalized spacial score (nSPS) is 15.9. The molecule has 0 radical (unpaired) electrons. The van der Waals surface area contributed by atoms with Crippen LogP contribution in [0.15, 0.2) is 53.7 Å². The van der Waals surface area contributed by atoms with E-state index in [0.29, 0.717) is 51.8 Å². The van der Waals surface area contributed by atoms with Crippen molar-refractivity contribution >= 4 is 40.5 Å². The Morgan fingerprint density at radius 3 is 2.53 bits per heavy atom. The number of para-hydroxylation sites is 1. The van der Waals surface area contributed by atoms with Gasteiger partial charge in [0.2, 0.25) is 0 Å². The Kier molecular flexibility index (Phi) is 7.18. The Morgan fingerprint density at radius 2 is 1.83 bits per heavy atom. The van der Waals surface area contributed by atoms with E-state index >= 15 is 0 Å². The summed E-state index contributed by atoms with van der Waals surface area (Å²) in [5.74, 6) is 0.994. The highest BCUT2D eigenvalue weighted by molar-refractivity contribution is 7.80. The van der Waals surface area contributed by atoms with Gasteiger partial charge in [0.25, 0.3) is 5.91 Å². The van der Waals surface area contributed by atoms with Crippen LogP contribution in [-0.4, -0.2) is 24.2 Å². The van der Waals surface area contributed by atoms with Crippen molar-refractivity contribution in [2.75, 3.05) is 18.5 Å². The average molecular weight is 446 g/mol. The number of rotatable bonds is 7. The van der Waals surface area contributed by atoms with E-state index in [1.807, 2.05) is 51.1 Å². The SMILES string of the molecule is CCOc1ccc([C@H]2NC(=S)NC(C)=C2C(=O)Nc2ccccc2Cl)cc1OCC. The Hall–Kier alpha value is -2.77. The molecule has 0 spiro atoms.